The Kier molecular flexibility index (Phi) is 7.92. The normalized spacial score (nSPS) is 12.2. The van der Waals surface area contributed by atoms with Gasteiger partial charge in [0.15, 0.2) is 0 Å². The third-order valence-corrected chi connectivity index (χ3v) is 5.38. The summed E-state index contributed by atoms with van der Waals surface area (Å²) in [6.45, 7) is 7.75. The molecule has 1 atom stereocenters. The van der Waals surface area contributed by atoms with Gasteiger partial charge in [-0.2, -0.15) is 0 Å². The lowest BCUT2D eigenvalue weighted by molar-refractivity contribution is -0.118. The first-order valence-electron chi connectivity index (χ1n) is 9.35. The molecule has 6 nitrogen and oxygen atoms in total. The number of rotatable bonds is 7. The van der Waals surface area contributed by atoms with Gasteiger partial charge in [-0.15, -0.1) is 11.8 Å². The van der Waals surface area contributed by atoms with E-state index in [0.717, 1.165) is 4.90 Å². The summed E-state index contributed by atoms with van der Waals surface area (Å²) in [4.78, 5) is 36.7. The average molecular weight is 449 g/mol. The summed E-state index contributed by atoms with van der Waals surface area (Å²) in [6.07, 6.45) is 0.405. The fourth-order valence-corrected chi connectivity index (χ4v) is 3.73. The van der Waals surface area contributed by atoms with Crippen LogP contribution in [0.3, 0.4) is 0 Å². The zero-order valence-corrected chi connectivity index (χ0v) is 18.9. The molecule has 3 N–H and O–H groups in total. The lowest BCUT2D eigenvalue weighted by Crippen LogP contribution is -2.22. The first kappa shape index (κ1) is 23.8. The Labute approximate surface area is 185 Å². The largest absolute Gasteiger partial charge is 0.478 e. The Hall–Kier alpha value is -2.51. The van der Waals surface area contributed by atoms with Crippen molar-refractivity contribution in [3.05, 3.63) is 53.1 Å². The van der Waals surface area contributed by atoms with Gasteiger partial charge in [-0.05, 0) is 48.7 Å². The number of carboxylic acids is 1. The number of hydrogen-bond acceptors (Lipinski definition) is 4. The van der Waals surface area contributed by atoms with Gasteiger partial charge in [0.1, 0.15) is 0 Å². The Bertz CT molecular complexity index is 956. The number of carbonyl (C=O) groups is 3. The molecule has 8 heteroatoms. The summed E-state index contributed by atoms with van der Waals surface area (Å²) in [6, 6.07) is 11.6. The molecule has 0 aliphatic carbocycles. The van der Waals surface area contributed by atoms with Crippen LogP contribution in [-0.4, -0.2) is 28.1 Å². The highest BCUT2D eigenvalue weighted by Crippen LogP contribution is 2.28. The van der Waals surface area contributed by atoms with Gasteiger partial charge in [-0.25, -0.2) is 4.79 Å². The second-order valence-corrected chi connectivity index (χ2v) is 9.88. The van der Waals surface area contributed by atoms with E-state index in [-0.39, 0.29) is 27.8 Å². The van der Waals surface area contributed by atoms with Crippen molar-refractivity contribution in [1.82, 2.24) is 0 Å². The number of nitrogens with one attached hydrogen (secondary N) is 2. The molecule has 2 rings (SSSR count). The van der Waals surface area contributed by atoms with E-state index in [2.05, 4.69) is 10.6 Å². The quantitative estimate of drug-likeness (QED) is 0.484. The topological polar surface area (TPSA) is 95.5 Å². The van der Waals surface area contributed by atoms with Crippen molar-refractivity contribution < 1.29 is 19.5 Å². The average Bonchev–Trinajstić information content (AvgIpc) is 2.61. The Morgan fingerprint density at radius 1 is 1.07 bits per heavy atom. The van der Waals surface area contributed by atoms with E-state index in [1.807, 2.05) is 39.0 Å². The molecule has 0 saturated heterocycles. The SMILES string of the molecule is CC(Sc1cccc(NC(=O)CC(C)(C)C)c1)C(=O)Nc1ccc(Cl)c(C(=O)O)c1. The van der Waals surface area contributed by atoms with Crippen molar-refractivity contribution in [3.63, 3.8) is 0 Å². The molecule has 0 spiro atoms. The van der Waals surface area contributed by atoms with Crippen LogP contribution in [0.5, 0.6) is 0 Å². The van der Waals surface area contributed by atoms with Gasteiger partial charge >= 0.3 is 5.97 Å². The van der Waals surface area contributed by atoms with Gasteiger partial charge in [0.2, 0.25) is 11.8 Å². The fourth-order valence-electron chi connectivity index (χ4n) is 2.60. The fraction of sp³-hybridized carbons (Fsp3) is 0.318. The van der Waals surface area contributed by atoms with E-state index in [4.69, 9.17) is 16.7 Å². The smallest absolute Gasteiger partial charge is 0.337 e. The zero-order valence-electron chi connectivity index (χ0n) is 17.3. The molecule has 0 radical (unpaired) electrons. The first-order valence-corrected chi connectivity index (χ1v) is 10.6. The molecular weight excluding hydrogens is 424 g/mol. The predicted octanol–water partition coefficient (Wildman–Crippen LogP) is 5.53. The minimum Gasteiger partial charge on any atom is -0.478 e. The molecule has 0 fully saturated rings. The number of aromatic carboxylic acids is 1. The summed E-state index contributed by atoms with van der Waals surface area (Å²) < 4.78 is 0. The van der Waals surface area contributed by atoms with Gasteiger partial charge < -0.3 is 15.7 Å². The van der Waals surface area contributed by atoms with Gasteiger partial charge in [0.25, 0.3) is 0 Å². The molecule has 160 valence electrons. The van der Waals surface area contributed by atoms with Crippen molar-refractivity contribution >= 4 is 52.5 Å². The van der Waals surface area contributed by atoms with Gasteiger partial charge in [0, 0.05) is 22.7 Å². The van der Waals surface area contributed by atoms with Crippen molar-refractivity contribution in [2.75, 3.05) is 10.6 Å². The molecule has 0 aromatic heterocycles. The minimum atomic E-state index is -1.16. The van der Waals surface area contributed by atoms with Crippen LogP contribution in [0.2, 0.25) is 5.02 Å². The molecule has 0 bridgehead atoms. The van der Waals surface area contributed by atoms with Crippen LogP contribution in [0.25, 0.3) is 0 Å². The van der Waals surface area contributed by atoms with Crippen LogP contribution in [0, 0.1) is 5.41 Å². The number of benzene rings is 2. The zero-order chi connectivity index (χ0) is 22.5. The molecule has 2 amide bonds. The van der Waals surface area contributed by atoms with Crippen LogP contribution in [-0.2, 0) is 9.59 Å². The summed E-state index contributed by atoms with van der Waals surface area (Å²) in [7, 11) is 0. The first-order chi connectivity index (χ1) is 13.9. The van der Waals surface area contributed by atoms with E-state index in [1.165, 1.54) is 23.9 Å². The third kappa shape index (κ3) is 7.39. The van der Waals surface area contributed by atoms with Crippen LogP contribution < -0.4 is 10.6 Å². The van der Waals surface area contributed by atoms with Crippen LogP contribution in [0.1, 0.15) is 44.5 Å². The standard InChI is InChI=1S/C22H25ClN2O4S/c1-13(20(27)25-15-8-9-18(23)17(11-15)21(28)29)30-16-7-5-6-14(10-16)24-19(26)12-22(2,3)4/h5-11,13H,12H2,1-4H3,(H,24,26)(H,25,27)(H,28,29). The van der Waals surface area contributed by atoms with E-state index in [9.17, 15) is 14.4 Å². The van der Waals surface area contributed by atoms with Gasteiger partial charge in [-0.1, -0.05) is 38.4 Å². The summed E-state index contributed by atoms with van der Waals surface area (Å²) in [5, 5.41) is 14.4. The van der Waals surface area contributed by atoms with E-state index < -0.39 is 11.2 Å². The maximum Gasteiger partial charge on any atom is 0.337 e. The van der Waals surface area contributed by atoms with Gasteiger partial charge in [0.05, 0.1) is 15.8 Å². The molecule has 0 aliphatic heterocycles. The monoisotopic (exact) mass is 448 g/mol. The Morgan fingerprint density at radius 3 is 2.37 bits per heavy atom. The predicted molar refractivity (Wildman–Crippen MR) is 122 cm³/mol. The van der Waals surface area contributed by atoms with Crippen LogP contribution in [0.15, 0.2) is 47.4 Å². The van der Waals surface area contributed by atoms with Crippen molar-refractivity contribution in [1.29, 1.82) is 0 Å². The number of thioether (sulfide) groups is 1. The number of anilines is 2. The van der Waals surface area contributed by atoms with Crippen molar-refractivity contribution in [3.8, 4) is 0 Å². The van der Waals surface area contributed by atoms with Crippen LogP contribution in [0.4, 0.5) is 11.4 Å². The van der Waals surface area contributed by atoms with Crippen LogP contribution >= 0.6 is 23.4 Å². The molecular formula is C22H25ClN2O4S. The van der Waals surface area contributed by atoms with E-state index in [0.29, 0.717) is 17.8 Å². The number of halogens is 1. The lowest BCUT2D eigenvalue weighted by Gasteiger charge is -2.17. The van der Waals surface area contributed by atoms with E-state index in [1.54, 1.807) is 19.1 Å². The third-order valence-electron chi connectivity index (χ3n) is 3.96. The Balaban J connectivity index is 2.01. The number of amides is 2. The van der Waals surface area contributed by atoms with Crippen molar-refractivity contribution in [2.45, 2.75) is 44.3 Å². The maximum atomic E-state index is 12.5. The Morgan fingerprint density at radius 2 is 1.73 bits per heavy atom. The van der Waals surface area contributed by atoms with Gasteiger partial charge in [-0.3, -0.25) is 9.59 Å². The highest BCUT2D eigenvalue weighted by atomic mass is 35.5. The number of carboxylic acid groups (broad SMARTS) is 1. The maximum absolute atomic E-state index is 12.5. The molecule has 2 aromatic carbocycles. The highest BCUT2D eigenvalue weighted by molar-refractivity contribution is 8.00. The number of carbonyl (C=O) groups excluding carboxylic acids is 2. The molecule has 0 aliphatic rings. The molecule has 2 aromatic rings. The van der Waals surface area contributed by atoms with Crippen molar-refractivity contribution in [2.24, 2.45) is 5.41 Å². The number of hydrogen-bond donors (Lipinski definition) is 3. The van der Waals surface area contributed by atoms with E-state index >= 15 is 0 Å². The highest BCUT2D eigenvalue weighted by Gasteiger charge is 2.18. The molecule has 1 unspecified atom stereocenters. The minimum absolute atomic E-state index is 0.0626. The molecule has 30 heavy (non-hydrogen) atoms. The lowest BCUT2D eigenvalue weighted by atomic mass is 9.92. The summed E-state index contributed by atoms with van der Waals surface area (Å²) in [5.41, 5.74) is 0.849. The second kappa shape index (κ2) is 10.00. The molecule has 0 saturated carbocycles. The molecule has 0 heterocycles. The summed E-state index contributed by atoms with van der Waals surface area (Å²) in [5.74, 6) is -1.50. The summed E-state index contributed by atoms with van der Waals surface area (Å²) >= 11 is 7.19. The second-order valence-electron chi connectivity index (χ2n) is 8.06.